The third-order valence-corrected chi connectivity index (χ3v) is 5.10. The molecule has 0 saturated carbocycles. The van der Waals surface area contributed by atoms with E-state index < -0.39 is 17.7 Å². The van der Waals surface area contributed by atoms with Gasteiger partial charge in [0.05, 0.1) is 6.10 Å². The van der Waals surface area contributed by atoms with E-state index in [9.17, 15) is 19.8 Å². The standard InChI is InChI=1S/C23H29N3O4/c1-23(2,3)26(22(29)30)19-10-6-9-16(11-19)21(28)24-12-20(27)15-25-13-17-7-4-5-8-18(17)14-25/h4-11,20,27H,12-15H2,1-3H3,(H,24,28)(H,29,30). The van der Waals surface area contributed by atoms with Gasteiger partial charge in [0, 0.05) is 43.0 Å². The number of hydrogen-bond acceptors (Lipinski definition) is 4. The molecule has 3 rings (SSSR count). The average Bonchev–Trinajstić information content (AvgIpc) is 3.07. The van der Waals surface area contributed by atoms with Crippen LogP contribution in [0, 0.1) is 0 Å². The van der Waals surface area contributed by atoms with Crippen LogP contribution in [0.4, 0.5) is 10.5 Å². The first-order valence-electron chi connectivity index (χ1n) is 10.0. The number of benzene rings is 2. The summed E-state index contributed by atoms with van der Waals surface area (Å²) in [6.07, 6.45) is -1.78. The highest BCUT2D eigenvalue weighted by molar-refractivity contribution is 5.96. The first kappa shape index (κ1) is 21.8. The van der Waals surface area contributed by atoms with E-state index in [0.717, 1.165) is 13.1 Å². The monoisotopic (exact) mass is 411 g/mol. The van der Waals surface area contributed by atoms with Crippen LogP contribution in [0.3, 0.4) is 0 Å². The first-order valence-corrected chi connectivity index (χ1v) is 10.0. The van der Waals surface area contributed by atoms with Gasteiger partial charge in [-0.15, -0.1) is 0 Å². The summed E-state index contributed by atoms with van der Waals surface area (Å²) in [6.45, 7) is 7.55. The van der Waals surface area contributed by atoms with Crippen LogP contribution >= 0.6 is 0 Å². The Morgan fingerprint density at radius 3 is 2.30 bits per heavy atom. The third kappa shape index (κ3) is 5.17. The Balaban J connectivity index is 1.57. The molecule has 7 nitrogen and oxygen atoms in total. The summed E-state index contributed by atoms with van der Waals surface area (Å²) < 4.78 is 0. The lowest BCUT2D eigenvalue weighted by molar-refractivity contribution is 0.0856. The van der Waals surface area contributed by atoms with Crippen LogP contribution in [0.15, 0.2) is 48.5 Å². The maximum Gasteiger partial charge on any atom is 0.412 e. The molecule has 7 heteroatoms. The summed E-state index contributed by atoms with van der Waals surface area (Å²) in [5.74, 6) is -0.347. The number of carbonyl (C=O) groups excluding carboxylic acids is 1. The van der Waals surface area contributed by atoms with E-state index in [1.165, 1.54) is 16.0 Å². The largest absolute Gasteiger partial charge is 0.465 e. The lowest BCUT2D eigenvalue weighted by atomic mass is 10.0. The van der Waals surface area contributed by atoms with Crippen LogP contribution in [0.25, 0.3) is 0 Å². The molecule has 1 heterocycles. The van der Waals surface area contributed by atoms with Gasteiger partial charge in [0.15, 0.2) is 0 Å². The minimum Gasteiger partial charge on any atom is -0.465 e. The van der Waals surface area contributed by atoms with Crippen LogP contribution < -0.4 is 10.2 Å². The van der Waals surface area contributed by atoms with Crippen molar-refractivity contribution in [2.75, 3.05) is 18.0 Å². The molecule has 2 aromatic rings. The van der Waals surface area contributed by atoms with Crippen LogP contribution in [0.5, 0.6) is 0 Å². The van der Waals surface area contributed by atoms with Crippen LogP contribution in [-0.2, 0) is 13.1 Å². The smallest absolute Gasteiger partial charge is 0.412 e. The van der Waals surface area contributed by atoms with Gasteiger partial charge in [-0.2, -0.15) is 0 Å². The molecule has 1 aliphatic heterocycles. The number of nitrogens with zero attached hydrogens (tertiary/aromatic N) is 2. The van der Waals surface area contributed by atoms with E-state index in [-0.39, 0.29) is 12.5 Å². The maximum atomic E-state index is 12.6. The van der Waals surface area contributed by atoms with Crippen molar-refractivity contribution in [2.24, 2.45) is 0 Å². The molecule has 0 aromatic heterocycles. The summed E-state index contributed by atoms with van der Waals surface area (Å²) >= 11 is 0. The quantitative estimate of drug-likeness (QED) is 0.679. The number of anilines is 1. The van der Waals surface area contributed by atoms with Crippen LogP contribution in [0.2, 0.25) is 0 Å². The fraction of sp³-hybridized carbons (Fsp3) is 0.391. The molecule has 30 heavy (non-hydrogen) atoms. The normalized spacial score (nSPS) is 14.8. The highest BCUT2D eigenvalue weighted by Crippen LogP contribution is 2.25. The molecule has 1 aliphatic rings. The number of nitrogens with one attached hydrogen (secondary N) is 1. The predicted octanol–water partition coefficient (Wildman–Crippen LogP) is 3.08. The number of aliphatic hydroxyl groups excluding tert-OH is 1. The highest BCUT2D eigenvalue weighted by Gasteiger charge is 2.28. The van der Waals surface area contributed by atoms with Crippen molar-refractivity contribution in [3.63, 3.8) is 0 Å². The molecule has 160 valence electrons. The molecule has 0 radical (unpaired) electrons. The Labute approximate surface area is 176 Å². The first-order chi connectivity index (χ1) is 14.1. The molecule has 0 saturated heterocycles. The van der Waals surface area contributed by atoms with E-state index in [1.807, 2.05) is 12.1 Å². The van der Waals surface area contributed by atoms with Gasteiger partial charge in [0.25, 0.3) is 5.91 Å². The molecular weight excluding hydrogens is 382 g/mol. The molecule has 1 atom stereocenters. The summed E-state index contributed by atoms with van der Waals surface area (Å²) in [6, 6.07) is 14.7. The van der Waals surface area contributed by atoms with Gasteiger partial charge in [-0.05, 0) is 50.1 Å². The van der Waals surface area contributed by atoms with E-state index >= 15 is 0 Å². The Morgan fingerprint density at radius 2 is 1.73 bits per heavy atom. The molecule has 0 fully saturated rings. The number of carbonyl (C=O) groups is 2. The summed E-state index contributed by atoms with van der Waals surface area (Å²) in [4.78, 5) is 27.6. The maximum absolute atomic E-state index is 12.6. The van der Waals surface area contributed by atoms with Crippen LogP contribution in [-0.4, -0.2) is 51.8 Å². The van der Waals surface area contributed by atoms with E-state index in [0.29, 0.717) is 17.8 Å². The number of carboxylic acid groups (broad SMARTS) is 1. The van der Waals surface area contributed by atoms with Gasteiger partial charge in [0.2, 0.25) is 0 Å². The van der Waals surface area contributed by atoms with Crippen molar-refractivity contribution < 1.29 is 19.8 Å². The lowest BCUT2D eigenvalue weighted by Gasteiger charge is -2.33. The molecule has 0 spiro atoms. The van der Waals surface area contributed by atoms with Crippen molar-refractivity contribution in [2.45, 2.75) is 45.5 Å². The Bertz CT molecular complexity index is 898. The topological polar surface area (TPSA) is 93.1 Å². The number of fused-ring (bicyclic) bond motifs is 1. The molecule has 0 bridgehead atoms. The SMILES string of the molecule is CC(C)(C)N(C(=O)O)c1cccc(C(=O)NCC(O)CN2Cc3ccccc3C2)c1. The zero-order chi connectivity index (χ0) is 21.9. The summed E-state index contributed by atoms with van der Waals surface area (Å²) in [5, 5.41) is 22.7. The summed E-state index contributed by atoms with van der Waals surface area (Å²) in [7, 11) is 0. The third-order valence-electron chi connectivity index (χ3n) is 5.10. The average molecular weight is 412 g/mol. The Hall–Kier alpha value is -2.90. The second-order valence-corrected chi connectivity index (χ2v) is 8.64. The van der Waals surface area contributed by atoms with Gasteiger partial charge in [-0.25, -0.2) is 4.79 Å². The highest BCUT2D eigenvalue weighted by atomic mass is 16.4. The van der Waals surface area contributed by atoms with Crippen molar-refractivity contribution in [3.05, 3.63) is 65.2 Å². The van der Waals surface area contributed by atoms with Gasteiger partial charge in [-0.3, -0.25) is 14.6 Å². The van der Waals surface area contributed by atoms with Gasteiger partial charge in [-0.1, -0.05) is 30.3 Å². The molecular formula is C23H29N3O4. The second kappa shape index (κ2) is 8.85. The minimum atomic E-state index is -1.08. The van der Waals surface area contributed by atoms with E-state index in [2.05, 4.69) is 22.3 Å². The number of β-amino-alcohol motifs (C(OH)–C–C–N with tert-alkyl or cyclic N) is 1. The zero-order valence-corrected chi connectivity index (χ0v) is 17.6. The molecule has 2 aromatic carbocycles. The van der Waals surface area contributed by atoms with Crippen molar-refractivity contribution >= 4 is 17.7 Å². The number of rotatable bonds is 6. The Kier molecular flexibility index (Phi) is 6.43. The van der Waals surface area contributed by atoms with Crippen molar-refractivity contribution in [1.82, 2.24) is 10.2 Å². The summed E-state index contributed by atoms with van der Waals surface area (Å²) in [5.41, 5.74) is 2.67. The number of amides is 2. The fourth-order valence-corrected chi connectivity index (χ4v) is 3.78. The van der Waals surface area contributed by atoms with E-state index in [4.69, 9.17) is 0 Å². The molecule has 0 aliphatic carbocycles. The molecule has 1 unspecified atom stereocenters. The molecule has 2 amide bonds. The predicted molar refractivity (Wildman–Crippen MR) is 116 cm³/mol. The number of aliphatic hydroxyl groups is 1. The minimum absolute atomic E-state index is 0.123. The fourth-order valence-electron chi connectivity index (χ4n) is 3.78. The van der Waals surface area contributed by atoms with Gasteiger partial charge in [0.1, 0.15) is 0 Å². The second-order valence-electron chi connectivity index (χ2n) is 8.64. The van der Waals surface area contributed by atoms with Gasteiger partial charge < -0.3 is 15.5 Å². The van der Waals surface area contributed by atoms with E-state index in [1.54, 1.807) is 45.0 Å². The molecule has 3 N–H and O–H groups in total. The van der Waals surface area contributed by atoms with Crippen LogP contribution in [0.1, 0.15) is 42.3 Å². The lowest BCUT2D eigenvalue weighted by Crippen LogP contribution is -2.45. The van der Waals surface area contributed by atoms with Gasteiger partial charge >= 0.3 is 6.09 Å². The number of hydrogen-bond donors (Lipinski definition) is 3. The Morgan fingerprint density at radius 1 is 1.10 bits per heavy atom. The zero-order valence-electron chi connectivity index (χ0n) is 17.6. The van der Waals surface area contributed by atoms with Crippen molar-refractivity contribution in [1.29, 1.82) is 0 Å². The van der Waals surface area contributed by atoms with Crippen molar-refractivity contribution in [3.8, 4) is 0 Å².